The number of alkyl carbamates (subject to hydrolysis) is 1. The summed E-state index contributed by atoms with van der Waals surface area (Å²) in [4.78, 5) is 38.3. The number of amides is 2. The van der Waals surface area contributed by atoms with Crippen molar-refractivity contribution in [2.75, 3.05) is 19.7 Å². The molecule has 1 aliphatic rings. The number of fused-ring (bicyclic) bond motifs is 3. The minimum Gasteiger partial charge on any atom is -0.480 e. The van der Waals surface area contributed by atoms with Gasteiger partial charge >= 0.3 is 12.1 Å². The van der Waals surface area contributed by atoms with Crippen LogP contribution in [-0.4, -0.2) is 53.7 Å². The molecule has 2 N–H and O–H groups in total. The molecule has 0 saturated carbocycles. The number of carbonyl (C=O) groups is 3. The highest BCUT2D eigenvalue weighted by Gasteiger charge is 2.31. The van der Waals surface area contributed by atoms with Gasteiger partial charge in [-0.15, -0.1) is 6.58 Å². The van der Waals surface area contributed by atoms with Crippen molar-refractivity contribution >= 4 is 18.0 Å². The van der Waals surface area contributed by atoms with Gasteiger partial charge < -0.3 is 20.1 Å². The van der Waals surface area contributed by atoms with E-state index < -0.39 is 30.6 Å². The van der Waals surface area contributed by atoms with Crippen molar-refractivity contribution in [1.82, 2.24) is 10.2 Å². The van der Waals surface area contributed by atoms with Crippen molar-refractivity contribution in [3.8, 4) is 11.1 Å². The predicted molar refractivity (Wildman–Crippen MR) is 130 cm³/mol. The van der Waals surface area contributed by atoms with Crippen LogP contribution in [0.25, 0.3) is 11.1 Å². The van der Waals surface area contributed by atoms with Crippen molar-refractivity contribution in [3.63, 3.8) is 0 Å². The number of nitrogens with zero attached hydrogens (tertiary/aromatic N) is 1. The quantitative estimate of drug-likeness (QED) is 0.480. The Morgan fingerprint density at radius 3 is 2.24 bits per heavy atom. The summed E-state index contributed by atoms with van der Waals surface area (Å²) in [6.07, 6.45) is 1.97. The van der Waals surface area contributed by atoms with Gasteiger partial charge in [-0.1, -0.05) is 74.9 Å². The fourth-order valence-electron chi connectivity index (χ4n) is 4.34. The molecule has 0 aliphatic heterocycles. The van der Waals surface area contributed by atoms with E-state index in [4.69, 9.17) is 4.74 Å². The summed E-state index contributed by atoms with van der Waals surface area (Å²) in [5.41, 5.74) is 4.46. The first-order valence-electron chi connectivity index (χ1n) is 11.6. The number of aliphatic carboxylic acids is 1. The number of carboxylic acid groups (broad SMARTS) is 1. The van der Waals surface area contributed by atoms with E-state index in [0.29, 0.717) is 6.42 Å². The van der Waals surface area contributed by atoms with Crippen LogP contribution in [0, 0.1) is 5.92 Å². The fraction of sp³-hybridized carbons (Fsp3) is 0.370. The molecule has 2 atom stereocenters. The van der Waals surface area contributed by atoms with E-state index in [1.54, 1.807) is 0 Å². The summed E-state index contributed by atoms with van der Waals surface area (Å²) in [6.45, 7) is 7.33. The third-order valence-corrected chi connectivity index (χ3v) is 6.26. The number of benzene rings is 2. The van der Waals surface area contributed by atoms with E-state index in [1.807, 2.05) is 50.2 Å². The Labute approximate surface area is 200 Å². The number of carbonyl (C=O) groups excluding carboxylic acids is 2. The lowest BCUT2D eigenvalue weighted by Gasteiger charge is -2.27. The molecule has 0 spiro atoms. The fourth-order valence-corrected chi connectivity index (χ4v) is 4.34. The van der Waals surface area contributed by atoms with Crippen LogP contribution in [0.3, 0.4) is 0 Å². The Hall–Kier alpha value is -3.61. The van der Waals surface area contributed by atoms with Gasteiger partial charge in [0, 0.05) is 12.5 Å². The first-order valence-corrected chi connectivity index (χ1v) is 11.6. The van der Waals surface area contributed by atoms with Crippen molar-refractivity contribution in [2.45, 2.75) is 38.6 Å². The maximum Gasteiger partial charge on any atom is 0.407 e. The smallest absolute Gasteiger partial charge is 0.407 e. The number of nitrogens with one attached hydrogen (secondary N) is 1. The van der Waals surface area contributed by atoms with Crippen LogP contribution in [0.1, 0.15) is 43.7 Å². The molecule has 2 amide bonds. The highest BCUT2D eigenvalue weighted by atomic mass is 16.5. The second kappa shape index (κ2) is 11.5. The van der Waals surface area contributed by atoms with E-state index in [0.717, 1.165) is 28.7 Å². The average Bonchev–Trinajstić information content (AvgIpc) is 3.15. The van der Waals surface area contributed by atoms with Gasteiger partial charge in [0.2, 0.25) is 5.91 Å². The van der Waals surface area contributed by atoms with Gasteiger partial charge in [-0.2, -0.15) is 0 Å². The highest BCUT2D eigenvalue weighted by molar-refractivity contribution is 5.88. The standard InChI is InChI=1S/C27H32N2O5/c1-4-14-29(16-25(30)31)26(32)24(15-18(3)5-2)28-27(33)34-17-23-21-12-8-6-10-19(21)20-11-7-9-13-22(20)23/h4,6-13,18,23-24H,1,5,14-17H2,2-3H3,(H,28,33)(H,30,31). The first kappa shape index (κ1) is 25.0. The monoisotopic (exact) mass is 464 g/mol. The van der Waals surface area contributed by atoms with Gasteiger partial charge in [0.25, 0.3) is 0 Å². The molecule has 0 fully saturated rings. The molecular formula is C27H32N2O5. The summed E-state index contributed by atoms with van der Waals surface area (Å²) in [6, 6.07) is 15.2. The number of rotatable bonds is 11. The molecule has 7 nitrogen and oxygen atoms in total. The summed E-state index contributed by atoms with van der Waals surface area (Å²) in [7, 11) is 0. The SMILES string of the molecule is C=CCN(CC(=O)O)C(=O)C(CC(C)CC)NC(=O)OCC1c2ccccc2-c2ccccc21. The Morgan fingerprint density at radius 1 is 1.12 bits per heavy atom. The van der Waals surface area contributed by atoms with Crippen LogP contribution in [0.15, 0.2) is 61.2 Å². The molecule has 0 aromatic heterocycles. The largest absolute Gasteiger partial charge is 0.480 e. The summed E-state index contributed by atoms with van der Waals surface area (Å²) < 4.78 is 5.60. The van der Waals surface area contributed by atoms with Crippen molar-refractivity contribution in [3.05, 3.63) is 72.3 Å². The third-order valence-electron chi connectivity index (χ3n) is 6.26. The molecule has 7 heteroatoms. The molecule has 2 aromatic carbocycles. The maximum atomic E-state index is 13.1. The van der Waals surface area contributed by atoms with Crippen molar-refractivity contribution < 1.29 is 24.2 Å². The van der Waals surface area contributed by atoms with Crippen LogP contribution in [0.5, 0.6) is 0 Å². The summed E-state index contributed by atoms with van der Waals surface area (Å²) in [5.74, 6) is -1.53. The molecule has 2 unspecified atom stereocenters. The zero-order chi connectivity index (χ0) is 24.7. The number of hydrogen-bond donors (Lipinski definition) is 2. The lowest BCUT2D eigenvalue weighted by molar-refractivity contribution is -0.145. The Kier molecular flexibility index (Phi) is 8.46. The number of hydrogen-bond acceptors (Lipinski definition) is 4. The lowest BCUT2D eigenvalue weighted by atomic mass is 9.98. The lowest BCUT2D eigenvalue weighted by Crippen LogP contribution is -2.50. The van der Waals surface area contributed by atoms with Crippen LogP contribution < -0.4 is 5.32 Å². The highest BCUT2D eigenvalue weighted by Crippen LogP contribution is 2.44. The van der Waals surface area contributed by atoms with Crippen molar-refractivity contribution in [1.29, 1.82) is 0 Å². The zero-order valence-corrected chi connectivity index (χ0v) is 19.7. The third kappa shape index (κ3) is 5.84. The van der Waals surface area contributed by atoms with Gasteiger partial charge in [0.15, 0.2) is 0 Å². The molecule has 180 valence electrons. The average molecular weight is 465 g/mol. The Balaban J connectivity index is 1.72. The predicted octanol–water partition coefficient (Wildman–Crippen LogP) is 4.43. The number of carboxylic acids is 1. The Bertz CT molecular complexity index is 1010. The molecular weight excluding hydrogens is 432 g/mol. The molecule has 0 bridgehead atoms. The van der Waals surface area contributed by atoms with Gasteiger partial charge in [-0.3, -0.25) is 9.59 Å². The van der Waals surface area contributed by atoms with Crippen molar-refractivity contribution in [2.24, 2.45) is 5.92 Å². The van der Waals surface area contributed by atoms with Gasteiger partial charge in [-0.05, 0) is 34.6 Å². The molecule has 2 aromatic rings. The van der Waals surface area contributed by atoms with Gasteiger partial charge in [0.1, 0.15) is 19.2 Å². The zero-order valence-electron chi connectivity index (χ0n) is 19.7. The first-order chi connectivity index (χ1) is 16.3. The second-order valence-corrected chi connectivity index (χ2v) is 8.67. The Morgan fingerprint density at radius 2 is 1.71 bits per heavy atom. The van der Waals surface area contributed by atoms with Crippen LogP contribution >= 0.6 is 0 Å². The van der Waals surface area contributed by atoms with Crippen LogP contribution in [0.4, 0.5) is 4.79 Å². The molecule has 3 rings (SSSR count). The molecule has 1 aliphatic carbocycles. The van der Waals surface area contributed by atoms with Crippen LogP contribution in [-0.2, 0) is 14.3 Å². The minimum atomic E-state index is -1.13. The van der Waals surface area contributed by atoms with E-state index in [1.165, 1.54) is 11.0 Å². The van der Waals surface area contributed by atoms with E-state index >= 15 is 0 Å². The summed E-state index contributed by atoms with van der Waals surface area (Å²) >= 11 is 0. The maximum absolute atomic E-state index is 13.1. The number of ether oxygens (including phenoxy) is 1. The van der Waals surface area contributed by atoms with Gasteiger partial charge in [0.05, 0.1) is 0 Å². The topological polar surface area (TPSA) is 95.9 Å². The minimum absolute atomic E-state index is 0.0779. The van der Waals surface area contributed by atoms with E-state index in [9.17, 15) is 19.5 Å². The normalized spacial score (nSPS) is 13.8. The van der Waals surface area contributed by atoms with Gasteiger partial charge in [-0.25, -0.2) is 4.79 Å². The molecule has 0 saturated heterocycles. The van der Waals surface area contributed by atoms with E-state index in [-0.39, 0.29) is 25.0 Å². The van der Waals surface area contributed by atoms with Crippen LogP contribution in [0.2, 0.25) is 0 Å². The molecule has 0 heterocycles. The molecule has 0 radical (unpaired) electrons. The van der Waals surface area contributed by atoms with E-state index in [2.05, 4.69) is 24.0 Å². The molecule has 34 heavy (non-hydrogen) atoms. The summed E-state index contributed by atoms with van der Waals surface area (Å²) in [5, 5.41) is 11.9. The second-order valence-electron chi connectivity index (χ2n) is 8.67.